The lowest BCUT2D eigenvalue weighted by Gasteiger charge is -2.16. The maximum Gasteiger partial charge on any atom is 0.311 e. The van der Waals surface area contributed by atoms with Gasteiger partial charge < -0.3 is 10.2 Å². The molecule has 4 heteroatoms. The second-order valence-electron chi connectivity index (χ2n) is 3.78. The highest BCUT2D eigenvalue weighted by Gasteiger charge is 2.24. The monoisotopic (exact) mass is 198 g/mol. The summed E-state index contributed by atoms with van der Waals surface area (Å²) in [4.78, 5) is 24.5. The van der Waals surface area contributed by atoms with Crippen molar-refractivity contribution < 1.29 is 9.59 Å². The molecule has 1 rings (SSSR count). The lowest BCUT2D eigenvalue weighted by Crippen LogP contribution is -2.44. The summed E-state index contributed by atoms with van der Waals surface area (Å²) in [7, 11) is 0. The van der Waals surface area contributed by atoms with E-state index in [4.69, 9.17) is 0 Å². The fraction of sp³-hybridized carbons (Fsp3) is 0.800. The molecule has 1 aliphatic heterocycles. The maximum atomic E-state index is 11.5. The van der Waals surface area contributed by atoms with Gasteiger partial charge in [-0.05, 0) is 26.2 Å². The molecular formula is C10H18N2O2. The van der Waals surface area contributed by atoms with Crippen molar-refractivity contribution in [2.24, 2.45) is 0 Å². The van der Waals surface area contributed by atoms with Crippen LogP contribution in [0.25, 0.3) is 0 Å². The van der Waals surface area contributed by atoms with Gasteiger partial charge in [0.1, 0.15) is 0 Å². The normalized spacial score (nSPS) is 18.0. The summed E-state index contributed by atoms with van der Waals surface area (Å²) in [5, 5.41) is 2.68. The van der Waals surface area contributed by atoms with E-state index in [1.807, 2.05) is 13.8 Å². The highest BCUT2D eigenvalue weighted by atomic mass is 16.2. The molecule has 0 spiro atoms. The van der Waals surface area contributed by atoms with Crippen molar-refractivity contribution in [2.75, 3.05) is 13.1 Å². The van der Waals surface area contributed by atoms with Crippen LogP contribution in [-0.4, -0.2) is 35.8 Å². The van der Waals surface area contributed by atoms with Crippen LogP contribution in [0.5, 0.6) is 0 Å². The Hall–Kier alpha value is -1.06. The summed E-state index contributed by atoms with van der Waals surface area (Å²) < 4.78 is 0. The van der Waals surface area contributed by atoms with E-state index in [2.05, 4.69) is 5.32 Å². The minimum atomic E-state index is -0.457. The predicted octanol–water partition coefficient (Wildman–Crippen LogP) is 0.523. The van der Waals surface area contributed by atoms with Gasteiger partial charge in [0.25, 0.3) is 0 Å². The topological polar surface area (TPSA) is 49.4 Å². The molecule has 1 heterocycles. The Morgan fingerprint density at radius 2 is 1.93 bits per heavy atom. The summed E-state index contributed by atoms with van der Waals surface area (Å²) in [5.74, 6) is -0.830. The summed E-state index contributed by atoms with van der Waals surface area (Å²) in [6.45, 7) is 5.33. The molecule has 2 amide bonds. The molecule has 0 aliphatic carbocycles. The van der Waals surface area contributed by atoms with Crippen molar-refractivity contribution in [1.82, 2.24) is 10.2 Å². The lowest BCUT2D eigenvalue weighted by molar-refractivity contribution is -0.145. The zero-order chi connectivity index (χ0) is 10.6. The molecule has 1 fully saturated rings. The molecule has 14 heavy (non-hydrogen) atoms. The van der Waals surface area contributed by atoms with Crippen LogP contribution in [0.4, 0.5) is 0 Å². The van der Waals surface area contributed by atoms with Gasteiger partial charge in [-0.25, -0.2) is 0 Å². The minimum Gasteiger partial charge on any atom is -0.345 e. The molecular weight excluding hydrogens is 180 g/mol. The van der Waals surface area contributed by atoms with E-state index in [9.17, 15) is 9.59 Å². The molecule has 0 aromatic heterocycles. The van der Waals surface area contributed by atoms with Gasteiger partial charge >= 0.3 is 11.8 Å². The Labute approximate surface area is 84.7 Å². The summed E-state index contributed by atoms with van der Waals surface area (Å²) in [6.07, 6.45) is 2.88. The van der Waals surface area contributed by atoms with Crippen LogP contribution in [0.2, 0.25) is 0 Å². The van der Waals surface area contributed by atoms with Crippen LogP contribution in [-0.2, 0) is 9.59 Å². The van der Waals surface area contributed by atoms with Crippen LogP contribution >= 0.6 is 0 Å². The molecule has 0 aromatic rings. The molecule has 0 aromatic carbocycles. The fourth-order valence-corrected chi connectivity index (χ4v) is 1.45. The first kappa shape index (κ1) is 11.0. The molecule has 0 saturated carbocycles. The second kappa shape index (κ2) is 4.98. The van der Waals surface area contributed by atoms with Gasteiger partial charge in [-0.2, -0.15) is 0 Å². The zero-order valence-electron chi connectivity index (χ0n) is 8.88. The van der Waals surface area contributed by atoms with E-state index >= 15 is 0 Å². The zero-order valence-corrected chi connectivity index (χ0v) is 8.88. The van der Waals surface area contributed by atoms with E-state index in [-0.39, 0.29) is 11.9 Å². The molecule has 1 atom stereocenters. The molecule has 0 bridgehead atoms. The number of likely N-dealkylation sites (tertiary alicyclic amines) is 1. The Kier molecular flexibility index (Phi) is 3.92. The maximum absolute atomic E-state index is 11.5. The highest BCUT2D eigenvalue weighted by Crippen LogP contribution is 2.07. The van der Waals surface area contributed by atoms with E-state index < -0.39 is 5.91 Å². The number of carbonyl (C=O) groups is 2. The Morgan fingerprint density at radius 1 is 1.36 bits per heavy atom. The molecule has 1 saturated heterocycles. The first-order valence-corrected chi connectivity index (χ1v) is 5.25. The smallest absolute Gasteiger partial charge is 0.311 e. The van der Waals surface area contributed by atoms with E-state index in [0.29, 0.717) is 0 Å². The minimum absolute atomic E-state index is 0.0778. The fourth-order valence-electron chi connectivity index (χ4n) is 1.45. The van der Waals surface area contributed by atoms with Crippen molar-refractivity contribution in [2.45, 2.75) is 39.2 Å². The number of hydrogen-bond donors (Lipinski definition) is 1. The van der Waals surface area contributed by atoms with Crippen molar-refractivity contribution in [3.8, 4) is 0 Å². The number of carbonyl (C=O) groups excluding carboxylic acids is 2. The first-order valence-electron chi connectivity index (χ1n) is 5.25. The van der Waals surface area contributed by atoms with Crippen LogP contribution in [0, 0.1) is 0 Å². The van der Waals surface area contributed by atoms with E-state index in [0.717, 1.165) is 32.4 Å². The second-order valence-corrected chi connectivity index (χ2v) is 3.78. The van der Waals surface area contributed by atoms with Crippen LogP contribution in [0.1, 0.15) is 33.1 Å². The number of hydrogen-bond acceptors (Lipinski definition) is 2. The molecule has 1 aliphatic rings. The number of nitrogens with zero attached hydrogens (tertiary/aromatic N) is 1. The summed E-state index contributed by atoms with van der Waals surface area (Å²) in [6, 6.07) is 0.0778. The third-order valence-corrected chi connectivity index (χ3v) is 2.58. The highest BCUT2D eigenvalue weighted by molar-refractivity contribution is 6.35. The lowest BCUT2D eigenvalue weighted by atomic mass is 10.2. The number of nitrogens with one attached hydrogen (secondary N) is 1. The molecule has 0 radical (unpaired) electrons. The molecule has 1 N–H and O–H groups in total. The molecule has 1 unspecified atom stereocenters. The Morgan fingerprint density at radius 3 is 2.43 bits per heavy atom. The number of rotatable bonds is 2. The summed E-state index contributed by atoms with van der Waals surface area (Å²) >= 11 is 0. The van der Waals surface area contributed by atoms with Gasteiger partial charge in [0.05, 0.1) is 0 Å². The van der Waals surface area contributed by atoms with Gasteiger partial charge in [-0.1, -0.05) is 6.92 Å². The Bertz CT molecular complexity index is 222. The van der Waals surface area contributed by atoms with Gasteiger partial charge in [0, 0.05) is 19.1 Å². The van der Waals surface area contributed by atoms with Crippen LogP contribution < -0.4 is 5.32 Å². The van der Waals surface area contributed by atoms with Crippen LogP contribution in [0.3, 0.4) is 0 Å². The average molecular weight is 198 g/mol. The molecule has 80 valence electrons. The SMILES string of the molecule is CCC(C)NC(=O)C(=O)N1CCCC1. The van der Waals surface area contributed by atoms with Crippen molar-refractivity contribution in [3.05, 3.63) is 0 Å². The standard InChI is InChI=1S/C10H18N2O2/c1-3-8(2)11-9(13)10(14)12-6-4-5-7-12/h8H,3-7H2,1-2H3,(H,11,13). The third kappa shape index (κ3) is 2.72. The Balaban J connectivity index is 2.39. The summed E-state index contributed by atoms with van der Waals surface area (Å²) in [5.41, 5.74) is 0. The van der Waals surface area contributed by atoms with Gasteiger partial charge in [-0.15, -0.1) is 0 Å². The van der Waals surface area contributed by atoms with Crippen LogP contribution in [0.15, 0.2) is 0 Å². The van der Waals surface area contributed by atoms with Gasteiger partial charge in [0.15, 0.2) is 0 Å². The number of amides is 2. The van der Waals surface area contributed by atoms with E-state index in [1.165, 1.54) is 0 Å². The third-order valence-electron chi connectivity index (χ3n) is 2.58. The van der Waals surface area contributed by atoms with E-state index in [1.54, 1.807) is 4.90 Å². The van der Waals surface area contributed by atoms with Crippen molar-refractivity contribution in [3.63, 3.8) is 0 Å². The van der Waals surface area contributed by atoms with Crippen molar-refractivity contribution in [1.29, 1.82) is 0 Å². The molecule has 4 nitrogen and oxygen atoms in total. The largest absolute Gasteiger partial charge is 0.345 e. The van der Waals surface area contributed by atoms with Crippen molar-refractivity contribution >= 4 is 11.8 Å². The predicted molar refractivity (Wildman–Crippen MR) is 53.7 cm³/mol. The van der Waals surface area contributed by atoms with Gasteiger partial charge in [0.2, 0.25) is 0 Å². The van der Waals surface area contributed by atoms with Gasteiger partial charge in [-0.3, -0.25) is 9.59 Å². The first-order chi connectivity index (χ1) is 6.65. The quantitative estimate of drug-likeness (QED) is 0.658. The average Bonchev–Trinajstić information content (AvgIpc) is 2.69.